The Morgan fingerprint density at radius 3 is 2.23 bits per heavy atom. The predicted molar refractivity (Wildman–Crippen MR) is 47.4 cm³/mol. The van der Waals surface area contributed by atoms with Crippen molar-refractivity contribution in [2.75, 3.05) is 0 Å². The van der Waals surface area contributed by atoms with Gasteiger partial charge in [-0.25, -0.2) is 9.59 Å². The summed E-state index contributed by atoms with van der Waals surface area (Å²) >= 11 is 0. The molecule has 0 saturated heterocycles. The zero-order chi connectivity index (χ0) is 10.4. The molecular weight excluding hydrogens is 172 g/mol. The molecule has 4 heteroatoms. The van der Waals surface area contributed by atoms with Crippen molar-refractivity contribution in [3.05, 3.63) is 11.6 Å². The highest BCUT2D eigenvalue weighted by Gasteiger charge is 2.16. The monoisotopic (exact) mass is 186 g/mol. The van der Waals surface area contributed by atoms with Crippen molar-refractivity contribution in [1.29, 1.82) is 0 Å². The molecule has 0 aromatic rings. The first-order valence-electron chi connectivity index (χ1n) is 4.16. The van der Waals surface area contributed by atoms with Crippen molar-refractivity contribution in [1.82, 2.24) is 0 Å². The van der Waals surface area contributed by atoms with Gasteiger partial charge in [-0.3, -0.25) is 0 Å². The van der Waals surface area contributed by atoms with E-state index in [-0.39, 0.29) is 11.5 Å². The van der Waals surface area contributed by atoms with Crippen molar-refractivity contribution >= 4 is 11.9 Å². The average molecular weight is 186 g/mol. The van der Waals surface area contributed by atoms with E-state index in [1.807, 2.05) is 6.92 Å². The smallest absolute Gasteiger partial charge is 0.332 e. The van der Waals surface area contributed by atoms with E-state index in [4.69, 9.17) is 10.2 Å². The van der Waals surface area contributed by atoms with E-state index in [2.05, 4.69) is 0 Å². The van der Waals surface area contributed by atoms with Gasteiger partial charge in [0.25, 0.3) is 0 Å². The Morgan fingerprint density at radius 1 is 1.38 bits per heavy atom. The molecule has 0 amide bonds. The maximum absolute atomic E-state index is 10.6. The molecule has 2 N–H and O–H groups in total. The summed E-state index contributed by atoms with van der Waals surface area (Å²) in [5.74, 6) is -2.57. The number of aliphatic carboxylic acids is 2. The summed E-state index contributed by atoms with van der Waals surface area (Å²) in [6.07, 6.45) is 2.29. The third-order valence-corrected chi connectivity index (χ3v) is 1.78. The third kappa shape index (κ3) is 4.30. The van der Waals surface area contributed by atoms with Gasteiger partial charge in [0.05, 0.1) is 0 Å². The Kier molecular flexibility index (Phi) is 4.80. The Labute approximate surface area is 76.9 Å². The molecule has 1 unspecified atom stereocenters. The van der Waals surface area contributed by atoms with Crippen LogP contribution >= 0.6 is 0 Å². The molecule has 4 nitrogen and oxygen atoms in total. The van der Waals surface area contributed by atoms with Crippen LogP contribution in [-0.4, -0.2) is 22.2 Å². The topological polar surface area (TPSA) is 74.6 Å². The molecule has 0 rings (SSSR count). The minimum absolute atomic E-state index is 0.0330. The molecule has 0 spiro atoms. The highest BCUT2D eigenvalue weighted by Crippen LogP contribution is 2.16. The molecule has 0 aliphatic heterocycles. The summed E-state index contributed by atoms with van der Waals surface area (Å²) in [6, 6.07) is 0. The first kappa shape index (κ1) is 11.7. The van der Waals surface area contributed by atoms with E-state index in [0.717, 1.165) is 12.5 Å². The summed E-state index contributed by atoms with van der Waals surface area (Å²) < 4.78 is 0. The van der Waals surface area contributed by atoms with E-state index in [1.165, 1.54) is 0 Å². The van der Waals surface area contributed by atoms with Gasteiger partial charge in [-0.15, -0.1) is 0 Å². The maximum Gasteiger partial charge on any atom is 0.332 e. The van der Waals surface area contributed by atoms with Crippen LogP contribution in [0.2, 0.25) is 0 Å². The van der Waals surface area contributed by atoms with E-state index >= 15 is 0 Å². The van der Waals surface area contributed by atoms with Gasteiger partial charge in [0.1, 0.15) is 0 Å². The summed E-state index contributed by atoms with van der Waals surface area (Å²) in [5.41, 5.74) is -0.0330. The van der Waals surface area contributed by atoms with Crippen molar-refractivity contribution in [3.63, 3.8) is 0 Å². The lowest BCUT2D eigenvalue weighted by Crippen LogP contribution is -2.11. The Bertz CT molecular complexity index is 230. The number of carboxylic acids is 2. The van der Waals surface area contributed by atoms with Crippen molar-refractivity contribution in [3.8, 4) is 0 Å². The SMILES string of the molecule is CCCC(C)/C(=C/C(=O)O)C(=O)O. The van der Waals surface area contributed by atoms with Crippen LogP contribution in [-0.2, 0) is 9.59 Å². The second kappa shape index (κ2) is 5.35. The molecule has 0 aliphatic carbocycles. The Balaban J connectivity index is 4.60. The minimum atomic E-state index is -1.21. The molecular formula is C9H14O4. The molecule has 74 valence electrons. The molecule has 0 aromatic heterocycles. The van der Waals surface area contributed by atoms with E-state index in [1.54, 1.807) is 6.92 Å². The Hall–Kier alpha value is -1.32. The highest BCUT2D eigenvalue weighted by atomic mass is 16.4. The number of carbonyl (C=O) groups is 2. The lowest BCUT2D eigenvalue weighted by atomic mass is 9.96. The van der Waals surface area contributed by atoms with Crippen LogP contribution in [0, 0.1) is 5.92 Å². The van der Waals surface area contributed by atoms with Gasteiger partial charge < -0.3 is 10.2 Å². The summed E-state index contributed by atoms with van der Waals surface area (Å²) in [7, 11) is 0. The van der Waals surface area contributed by atoms with E-state index in [9.17, 15) is 9.59 Å². The van der Waals surface area contributed by atoms with Gasteiger partial charge in [-0.2, -0.15) is 0 Å². The van der Waals surface area contributed by atoms with Gasteiger partial charge in [0, 0.05) is 11.6 Å². The standard InChI is InChI=1S/C9H14O4/c1-3-4-6(2)7(9(12)13)5-8(10)11/h5-6H,3-4H2,1-2H3,(H,10,11)(H,12,13)/b7-5-. The van der Waals surface area contributed by atoms with Crippen LogP contribution in [0.15, 0.2) is 11.6 Å². The van der Waals surface area contributed by atoms with Crippen LogP contribution in [0.4, 0.5) is 0 Å². The lowest BCUT2D eigenvalue weighted by molar-refractivity contribution is -0.135. The first-order valence-corrected chi connectivity index (χ1v) is 4.16. The number of rotatable bonds is 5. The molecule has 0 aromatic carbocycles. The van der Waals surface area contributed by atoms with Crippen LogP contribution in [0.25, 0.3) is 0 Å². The maximum atomic E-state index is 10.6. The second-order valence-electron chi connectivity index (χ2n) is 2.93. The average Bonchev–Trinajstić information content (AvgIpc) is 1.99. The van der Waals surface area contributed by atoms with Crippen LogP contribution < -0.4 is 0 Å². The molecule has 0 fully saturated rings. The van der Waals surface area contributed by atoms with Crippen LogP contribution in [0.3, 0.4) is 0 Å². The zero-order valence-corrected chi connectivity index (χ0v) is 7.78. The summed E-state index contributed by atoms with van der Waals surface area (Å²) in [4.78, 5) is 20.9. The largest absolute Gasteiger partial charge is 0.478 e. The van der Waals surface area contributed by atoms with Gasteiger partial charge in [0.15, 0.2) is 0 Å². The lowest BCUT2D eigenvalue weighted by Gasteiger charge is -2.09. The number of carboxylic acid groups (broad SMARTS) is 2. The molecule has 0 saturated carbocycles. The molecule has 0 bridgehead atoms. The Morgan fingerprint density at radius 2 is 1.92 bits per heavy atom. The van der Waals surface area contributed by atoms with E-state index < -0.39 is 11.9 Å². The molecule has 0 aliphatic rings. The van der Waals surface area contributed by atoms with Gasteiger partial charge in [0.2, 0.25) is 0 Å². The third-order valence-electron chi connectivity index (χ3n) is 1.78. The quantitative estimate of drug-likeness (QED) is 0.638. The van der Waals surface area contributed by atoms with Gasteiger partial charge in [-0.1, -0.05) is 20.3 Å². The van der Waals surface area contributed by atoms with Gasteiger partial charge >= 0.3 is 11.9 Å². The van der Waals surface area contributed by atoms with Crippen molar-refractivity contribution < 1.29 is 19.8 Å². The molecule has 0 radical (unpaired) electrons. The van der Waals surface area contributed by atoms with Gasteiger partial charge in [-0.05, 0) is 12.3 Å². The normalized spacial score (nSPS) is 13.8. The highest BCUT2D eigenvalue weighted by molar-refractivity contribution is 5.94. The summed E-state index contributed by atoms with van der Waals surface area (Å²) in [6.45, 7) is 3.64. The molecule has 13 heavy (non-hydrogen) atoms. The molecule has 1 atom stereocenters. The van der Waals surface area contributed by atoms with E-state index in [0.29, 0.717) is 6.42 Å². The summed E-state index contributed by atoms with van der Waals surface area (Å²) in [5, 5.41) is 17.1. The van der Waals surface area contributed by atoms with Crippen molar-refractivity contribution in [2.24, 2.45) is 5.92 Å². The minimum Gasteiger partial charge on any atom is -0.478 e. The fourth-order valence-corrected chi connectivity index (χ4v) is 1.14. The van der Waals surface area contributed by atoms with Crippen LogP contribution in [0.1, 0.15) is 26.7 Å². The second-order valence-corrected chi connectivity index (χ2v) is 2.93. The predicted octanol–water partition coefficient (Wildman–Crippen LogP) is 1.52. The van der Waals surface area contributed by atoms with Crippen LogP contribution in [0.5, 0.6) is 0 Å². The zero-order valence-electron chi connectivity index (χ0n) is 7.78. The first-order chi connectivity index (χ1) is 5.99. The molecule has 0 heterocycles. The number of hydrogen-bond donors (Lipinski definition) is 2. The fraction of sp³-hybridized carbons (Fsp3) is 0.556. The van der Waals surface area contributed by atoms with Crippen molar-refractivity contribution in [2.45, 2.75) is 26.7 Å². The number of hydrogen-bond acceptors (Lipinski definition) is 2. The fourth-order valence-electron chi connectivity index (χ4n) is 1.14.